The van der Waals surface area contributed by atoms with Gasteiger partial charge in [-0.05, 0) is 38.1 Å². The highest BCUT2D eigenvalue weighted by atomic mass is 32.2. The Labute approximate surface area is 181 Å². The minimum absolute atomic E-state index is 0.310. The first-order valence-corrected chi connectivity index (χ1v) is 11.4. The average molecular weight is 447 g/mol. The molecule has 0 aliphatic carbocycles. The number of benzene rings is 1. The van der Waals surface area contributed by atoms with Crippen molar-refractivity contribution >= 4 is 10.0 Å². The van der Waals surface area contributed by atoms with Crippen LogP contribution in [0.3, 0.4) is 0 Å². The van der Waals surface area contributed by atoms with E-state index < -0.39 is 10.0 Å². The minimum atomic E-state index is -3.57. The highest BCUT2D eigenvalue weighted by Crippen LogP contribution is 2.25. The molecular formula is C20H26N6O4S. The van der Waals surface area contributed by atoms with E-state index in [1.807, 2.05) is 24.3 Å². The molecule has 4 rings (SSSR count). The number of rotatable bonds is 6. The van der Waals surface area contributed by atoms with Crippen molar-refractivity contribution in [2.24, 2.45) is 7.05 Å². The molecule has 1 saturated heterocycles. The fraction of sp³-hybridized carbons (Fsp3) is 0.450. The highest BCUT2D eigenvalue weighted by molar-refractivity contribution is 7.89. The second-order valence-corrected chi connectivity index (χ2v) is 9.42. The molecule has 1 aliphatic rings. The van der Waals surface area contributed by atoms with Gasteiger partial charge in [0.2, 0.25) is 21.7 Å². The molecule has 0 N–H and O–H groups in total. The zero-order chi connectivity index (χ0) is 22.2. The lowest BCUT2D eigenvalue weighted by Crippen LogP contribution is -2.48. The quantitative estimate of drug-likeness (QED) is 0.562. The van der Waals surface area contributed by atoms with Gasteiger partial charge in [0.15, 0.2) is 0 Å². The molecule has 0 amide bonds. The molecule has 11 heteroatoms. The van der Waals surface area contributed by atoms with E-state index in [0.717, 1.165) is 11.3 Å². The Balaban J connectivity index is 1.39. The maximum Gasteiger partial charge on any atom is 0.246 e. The lowest BCUT2D eigenvalue weighted by Gasteiger charge is -2.33. The van der Waals surface area contributed by atoms with Gasteiger partial charge in [0.1, 0.15) is 10.6 Å². The Morgan fingerprint density at radius 3 is 2.35 bits per heavy atom. The molecule has 1 fully saturated rings. The van der Waals surface area contributed by atoms with Crippen LogP contribution in [0, 0.1) is 13.8 Å². The van der Waals surface area contributed by atoms with Crippen LogP contribution in [-0.2, 0) is 23.6 Å². The molecule has 0 unspecified atom stereocenters. The number of methoxy groups -OCH3 is 1. The SMILES string of the molecule is COc1ccc(-c2noc(CN3CCN(S(=O)(=O)c4c(C)nn(C)c4C)CC3)n2)cc1. The molecule has 0 radical (unpaired) electrons. The van der Waals surface area contributed by atoms with Gasteiger partial charge in [-0.1, -0.05) is 5.16 Å². The molecule has 0 bridgehead atoms. The summed E-state index contributed by atoms with van der Waals surface area (Å²) in [6.45, 7) is 5.94. The first kappa shape index (κ1) is 21.5. The normalized spacial score (nSPS) is 16.0. The van der Waals surface area contributed by atoms with Crippen molar-refractivity contribution in [3.63, 3.8) is 0 Å². The monoisotopic (exact) mass is 446 g/mol. The number of aryl methyl sites for hydroxylation is 2. The zero-order valence-corrected chi connectivity index (χ0v) is 18.9. The largest absolute Gasteiger partial charge is 0.497 e. The molecule has 0 atom stereocenters. The molecule has 166 valence electrons. The molecular weight excluding hydrogens is 420 g/mol. The van der Waals surface area contributed by atoms with Gasteiger partial charge < -0.3 is 9.26 Å². The van der Waals surface area contributed by atoms with Gasteiger partial charge in [0.05, 0.1) is 25.0 Å². The third-order valence-electron chi connectivity index (χ3n) is 5.55. The van der Waals surface area contributed by atoms with Crippen LogP contribution in [-0.4, -0.2) is 70.8 Å². The van der Waals surface area contributed by atoms with Crippen molar-refractivity contribution in [3.8, 4) is 17.1 Å². The van der Waals surface area contributed by atoms with Gasteiger partial charge in [0.25, 0.3) is 0 Å². The summed E-state index contributed by atoms with van der Waals surface area (Å²) in [5, 5.41) is 8.30. The van der Waals surface area contributed by atoms with Crippen molar-refractivity contribution in [2.75, 3.05) is 33.3 Å². The van der Waals surface area contributed by atoms with Crippen LogP contribution in [0.15, 0.2) is 33.7 Å². The third kappa shape index (κ3) is 4.21. The molecule has 1 aliphatic heterocycles. The summed E-state index contributed by atoms with van der Waals surface area (Å²) in [4.78, 5) is 6.89. The predicted molar refractivity (Wildman–Crippen MR) is 113 cm³/mol. The summed E-state index contributed by atoms with van der Waals surface area (Å²) >= 11 is 0. The third-order valence-corrected chi connectivity index (χ3v) is 7.70. The standard InChI is InChI=1S/C20H26N6O4S/c1-14-19(15(2)24(3)22-14)31(27,28)26-11-9-25(10-12-26)13-18-21-20(23-30-18)16-5-7-17(29-4)8-6-16/h5-8H,9-13H2,1-4H3. The van der Waals surface area contributed by atoms with Crippen LogP contribution in [0.5, 0.6) is 5.75 Å². The Kier molecular flexibility index (Phi) is 5.82. The summed E-state index contributed by atoms with van der Waals surface area (Å²) in [5.41, 5.74) is 2.02. The van der Waals surface area contributed by atoms with Crippen LogP contribution >= 0.6 is 0 Å². The fourth-order valence-electron chi connectivity index (χ4n) is 3.75. The smallest absolute Gasteiger partial charge is 0.246 e. The van der Waals surface area contributed by atoms with Crippen LogP contribution in [0.2, 0.25) is 0 Å². The van der Waals surface area contributed by atoms with Crippen molar-refractivity contribution in [1.82, 2.24) is 29.1 Å². The van der Waals surface area contributed by atoms with Gasteiger partial charge >= 0.3 is 0 Å². The molecule has 31 heavy (non-hydrogen) atoms. The molecule has 0 spiro atoms. The first-order valence-electron chi connectivity index (χ1n) is 9.99. The van der Waals surface area contributed by atoms with Gasteiger partial charge in [-0.15, -0.1) is 0 Å². The number of piperazine rings is 1. The van der Waals surface area contributed by atoms with Crippen molar-refractivity contribution < 1.29 is 17.7 Å². The van der Waals surface area contributed by atoms with Gasteiger partial charge in [-0.25, -0.2) is 8.42 Å². The van der Waals surface area contributed by atoms with E-state index in [0.29, 0.717) is 60.7 Å². The van der Waals surface area contributed by atoms with E-state index in [9.17, 15) is 8.42 Å². The van der Waals surface area contributed by atoms with Gasteiger partial charge in [-0.2, -0.15) is 14.4 Å². The number of ether oxygens (including phenoxy) is 1. The van der Waals surface area contributed by atoms with E-state index in [4.69, 9.17) is 9.26 Å². The zero-order valence-electron chi connectivity index (χ0n) is 18.1. The van der Waals surface area contributed by atoms with E-state index in [1.54, 1.807) is 32.7 Å². The number of hydrogen-bond donors (Lipinski definition) is 0. The number of hydrogen-bond acceptors (Lipinski definition) is 8. The summed E-state index contributed by atoms with van der Waals surface area (Å²) < 4.78 is 39.9. The maximum absolute atomic E-state index is 13.1. The lowest BCUT2D eigenvalue weighted by atomic mass is 10.2. The Hall–Kier alpha value is -2.76. The summed E-state index contributed by atoms with van der Waals surface area (Å²) in [6, 6.07) is 7.44. The van der Waals surface area contributed by atoms with E-state index in [2.05, 4.69) is 20.1 Å². The van der Waals surface area contributed by atoms with E-state index >= 15 is 0 Å². The number of sulfonamides is 1. The van der Waals surface area contributed by atoms with Crippen LogP contribution in [0.25, 0.3) is 11.4 Å². The molecule has 10 nitrogen and oxygen atoms in total. The lowest BCUT2D eigenvalue weighted by molar-refractivity contribution is 0.163. The minimum Gasteiger partial charge on any atom is -0.497 e. The highest BCUT2D eigenvalue weighted by Gasteiger charge is 2.33. The summed E-state index contributed by atoms with van der Waals surface area (Å²) in [7, 11) is -0.204. The molecule has 3 aromatic rings. The fourth-order valence-corrected chi connectivity index (χ4v) is 5.57. The van der Waals surface area contributed by atoms with Gasteiger partial charge in [0, 0.05) is 38.8 Å². The summed E-state index contributed by atoms with van der Waals surface area (Å²) in [5.74, 6) is 1.78. The average Bonchev–Trinajstić information content (AvgIpc) is 3.32. The Morgan fingerprint density at radius 1 is 1.10 bits per heavy atom. The molecule has 3 heterocycles. The van der Waals surface area contributed by atoms with Crippen LogP contribution in [0.4, 0.5) is 0 Å². The molecule has 0 saturated carbocycles. The van der Waals surface area contributed by atoms with E-state index in [1.165, 1.54) is 4.31 Å². The number of nitrogens with zero attached hydrogens (tertiary/aromatic N) is 6. The van der Waals surface area contributed by atoms with Crippen molar-refractivity contribution in [1.29, 1.82) is 0 Å². The first-order chi connectivity index (χ1) is 14.8. The summed E-state index contributed by atoms with van der Waals surface area (Å²) in [6.07, 6.45) is 0. The van der Waals surface area contributed by atoms with Crippen LogP contribution in [0.1, 0.15) is 17.3 Å². The Bertz CT molecular complexity index is 1160. The maximum atomic E-state index is 13.1. The van der Waals surface area contributed by atoms with Crippen molar-refractivity contribution in [3.05, 3.63) is 41.5 Å². The molecule has 1 aromatic carbocycles. The molecule has 2 aromatic heterocycles. The topological polar surface area (TPSA) is 107 Å². The Morgan fingerprint density at radius 2 is 1.77 bits per heavy atom. The van der Waals surface area contributed by atoms with E-state index in [-0.39, 0.29) is 0 Å². The van der Waals surface area contributed by atoms with Crippen LogP contribution < -0.4 is 4.74 Å². The second kappa shape index (κ2) is 8.40. The number of aromatic nitrogens is 4. The van der Waals surface area contributed by atoms with Crippen molar-refractivity contribution in [2.45, 2.75) is 25.3 Å². The predicted octanol–water partition coefficient (Wildman–Crippen LogP) is 1.60. The second-order valence-electron chi connectivity index (χ2n) is 7.54. The van der Waals surface area contributed by atoms with Gasteiger partial charge in [-0.3, -0.25) is 9.58 Å².